The van der Waals surface area contributed by atoms with E-state index < -0.39 is 0 Å². The Morgan fingerprint density at radius 2 is 1.95 bits per heavy atom. The number of nitrogens with zero attached hydrogens (tertiary/aromatic N) is 1. The molecule has 1 aromatic carbocycles. The molecule has 0 fully saturated rings. The van der Waals surface area contributed by atoms with Crippen LogP contribution in [0.2, 0.25) is 0 Å². The van der Waals surface area contributed by atoms with Crippen LogP contribution in [0.5, 0.6) is 5.75 Å². The van der Waals surface area contributed by atoms with E-state index in [9.17, 15) is 4.79 Å². The van der Waals surface area contributed by atoms with Crippen molar-refractivity contribution in [2.45, 2.75) is 25.8 Å². The summed E-state index contributed by atoms with van der Waals surface area (Å²) in [5.41, 5.74) is 1.37. The quantitative estimate of drug-likeness (QED) is 0.918. The summed E-state index contributed by atoms with van der Waals surface area (Å²) in [7, 11) is 1.65. The van der Waals surface area contributed by atoms with Crippen LogP contribution in [-0.4, -0.2) is 23.5 Å². The second-order valence-corrected chi connectivity index (χ2v) is 5.60. The second kappa shape index (κ2) is 6.39. The van der Waals surface area contributed by atoms with Crippen molar-refractivity contribution < 1.29 is 9.53 Å². The van der Waals surface area contributed by atoms with Gasteiger partial charge in [0.1, 0.15) is 5.75 Å². The molecule has 1 amide bonds. The molecule has 0 aliphatic carbocycles. The maximum Gasteiger partial charge on any atom is 0.253 e. The van der Waals surface area contributed by atoms with Gasteiger partial charge in [0.15, 0.2) is 0 Å². The van der Waals surface area contributed by atoms with Gasteiger partial charge in [0.25, 0.3) is 5.91 Å². The Labute approximate surface area is 125 Å². The minimum atomic E-state index is -0.346. The fraction of sp³-hybridized carbons (Fsp3) is 0.294. The van der Waals surface area contributed by atoms with Gasteiger partial charge in [-0.25, -0.2) is 0 Å². The molecule has 0 aliphatic heterocycles. The van der Waals surface area contributed by atoms with Crippen LogP contribution in [0.25, 0.3) is 0 Å². The van der Waals surface area contributed by atoms with Crippen molar-refractivity contribution in [3.63, 3.8) is 0 Å². The Hall–Kier alpha value is -2.36. The van der Waals surface area contributed by atoms with E-state index in [1.165, 1.54) is 0 Å². The Kier molecular flexibility index (Phi) is 4.58. The number of benzene rings is 1. The standard InChI is InChI=1S/C17H20N2O2/c1-17(2,11-13-6-8-15(21-3)9-7-13)19-16(20)14-5-4-10-18-12-14/h4-10,12H,11H2,1-3H3,(H,19,20). The van der Waals surface area contributed by atoms with Gasteiger partial charge in [-0.2, -0.15) is 0 Å². The molecular weight excluding hydrogens is 264 g/mol. The molecule has 1 heterocycles. The molecule has 4 heteroatoms. The van der Waals surface area contributed by atoms with E-state index >= 15 is 0 Å². The van der Waals surface area contributed by atoms with Gasteiger partial charge in [-0.3, -0.25) is 9.78 Å². The average Bonchev–Trinajstić information content (AvgIpc) is 2.48. The molecule has 1 N–H and O–H groups in total. The minimum absolute atomic E-state index is 0.110. The lowest BCUT2D eigenvalue weighted by atomic mass is 9.94. The van der Waals surface area contributed by atoms with Crippen LogP contribution in [0, 0.1) is 0 Å². The van der Waals surface area contributed by atoms with E-state index in [1.807, 2.05) is 38.1 Å². The lowest BCUT2D eigenvalue weighted by molar-refractivity contribution is 0.0912. The van der Waals surface area contributed by atoms with Crippen molar-refractivity contribution in [3.8, 4) is 5.75 Å². The molecule has 0 aliphatic rings. The molecule has 0 saturated heterocycles. The van der Waals surface area contributed by atoms with Gasteiger partial charge in [-0.05, 0) is 50.1 Å². The number of rotatable bonds is 5. The molecule has 0 spiro atoms. The van der Waals surface area contributed by atoms with E-state index in [0.29, 0.717) is 5.56 Å². The first-order chi connectivity index (χ1) is 10.00. The normalized spacial score (nSPS) is 11.0. The van der Waals surface area contributed by atoms with E-state index in [-0.39, 0.29) is 11.4 Å². The van der Waals surface area contributed by atoms with Gasteiger partial charge >= 0.3 is 0 Å². The molecule has 110 valence electrons. The predicted molar refractivity (Wildman–Crippen MR) is 82.5 cm³/mol. The monoisotopic (exact) mass is 284 g/mol. The molecule has 1 aromatic heterocycles. The zero-order chi connectivity index (χ0) is 15.3. The van der Waals surface area contributed by atoms with Gasteiger partial charge < -0.3 is 10.1 Å². The molecular formula is C17H20N2O2. The van der Waals surface area contributed by atoms with Crippen LogP contribution in [0.15, 0.2) is 48.8 Å². The van der Waals surface area contributed by atoms with Gasteiger partial charge in [0.2, 0.25) is 0 Å². The van der Waals surface area contributed by atoms with Crippen molar-refractivity contribution in [2.75, 3.05) is 7.11 Å². The summed E-state index contributed by atoms with van der Waals surface area (Å²) < 4.78 is 5.14. The Balaban J connectivity index is 2.02. The molecule has 2 rings (SSSR count). The third kappa shape index (κ3) is 4.31. The smallest absolute Gasteiger partial charge is 0.253 e. The van der Waals surface area contributed by atoms with Crippen LogP contribution in [0.3, 0.4) is 0 Å². The third-order valence-corrected chi connectivity index (χ3v) is 3.18. The van der Waals surface area contributed by atoms with Crippen molar-refractivity contribution in [2.24, 2.45) is 0 Å². The highest BCUT2D eigenvalue weighted by Gasteiger charge is 2.21. The lowest BCUT2D eigenvalue weighted by Gasteiger charge is -2.26. The van der Waals surface area contributed by atoms with Crippen LogP contribution < -0.4 is 10.1 Å². The molecule has 0 saturated carbocycles. The summed E-state index contributed by atoms with van der Waals surface area (Å²) in [6.07, 6.45) is 3.96. The summed E-state index contributed by atoms with van der Waals surface area (Å²) in [5, 5.41) is 3.04. The van der Waals surface area contributed by atoms with E-state index in [2.05, 4.69) is 10.3 Å². The lowest BCUT2D eigenvalue weighted by Crippen LogP contribution is -2.45. The molecule has 0 unspecified atom stereocenters. The highest BCUT2D eigenvalue weighted by atomic mass is 16.5. The predicted octanol–water partition coefficient (Wildman–Crippen LogP) is 2.84. The molecule has 0 radical (unpaired) electrons. The molecule has 0 bridgehead atoms. The fourth-order valence-electron chi connectivity index (χ4n) is 2.17. The van der Waals surface area contributed by atoms with Crippen molar-refractivity contribution in [1.82, 2.24) is 10.3 Å². The first kappa shape index (κ1) is 15.0. The van der Waals surface area contributed by atoms with Crippen LogP contribution in [-0.2, 0) is 6.42 Å². The second-order valence-electron chi connectivity index (χ2n) is 5.60. The number of aromatic nitrogens is 1. The first-order valence-corrected chi connectivity index (χ1v) is 6.86. The third-order valence-electron chi connectivity index (χ3n) is 3.18. The molecule has 4 nitrogen and oxygen atoms in total. The summed E-state index contributed by atoms with van der Waals surface area (Å²) in [5.74, 6) is 0.720. The van der Waals surface area contributed by atoms with Crippen LogP contribution in [0.1, 0.15) is 29.8 Å². The number of amides is 1. The van der Waals surface area contributed by atoms with Crippen molar-refractivity contribution in [3.05, 3.63) is 59.9 Å². The van der Waals surface area contributed by atoms with Crippen LogP contribution in [0.4, 0.5) is 0 Å². The van der Waals surface area contributed by atoms with Gasteiger partial charge in [-0.1, -0.05) is 12.1 Å². The van der Waals surface area contributed by atoms with Crippen molar-refractivity contribution >= 4 is 5.91 Å². The van der Waals surface area contributed by atoms with E-state index in [4.69, 9.17) is 4.74 Å². The molecule has 2 aromatic rings. The number of carbonyl (C=O) groups excluding carboxylic acids is 1. The number of methoxy groups -OCH3 is 1. The first-order valence-electron chi connectivity index (χ1n) is 6.86. The van der Waals surface area contributed by atoms with Gasteiger partial charge in [0, 0.05) is 17.9 Å². The average molecular weight is 284 g/mol. The number of nitrogens with one attached hydrogen (secondary N) is 1. The summed E-state index contributed by atoms with van der Waals surface area (Å²) in [6.45, 7) is 4.01. The summed E-state index contributed by atoms with van der Waals surface area (Å²) in [6, 6.07) is 11.4. The van der Waals surface area contributed by atoms with Crippen LogP contribution >= 0.6 is 0 Å². The largest absolute Gasteiger partial charge is 0.497 e. The summed E-state index contributed by atoms with van der Waals surface area (Å²) >= 11 is 0. The molecule has 0 atom stereocenters. The Morgan fingerprint density at radius 3 is 2.52 bits per heavy atom. The Morgan fingerprint density at radius 1 is 1.24 bits per heavy atom. The fourth-order valence-corrected chi connectivity index (χ4v) is 2.17. The zero-order valence-corrected chi connectivity index (χ0v) is 12.6. The van der Waals surface area contributed by atoms with Crippen molar-refractivity contribution in [1.29, 1.82) is 0 Å². The van der Waals surface area contributed by atoms with E-state index in [1.54, 1.807) is 31.6 Å². The Bertz CT molecular complexity index is 592. The zero-order valence-electron chi connectivity index (χ0n) is 12.6. The number of ether oxygens (including phenoxy) is 1. The summed E-state index contributed by atoms with van der Waals surface area (Å²) in [4.78, 5) is 16.1. The number of hydrogen-bond donors (Lipinski definition) is 1. The number of carbonyl (C=O) groups is 1. The minimum Gasteiger partial charge on any atom is -0.497 e. The highest BCUT2D eigenvalue weighted by Crippen LogP contribution is 2.17. The maximum absolute atomic E-state index is 12.2. The maximum atomic E-state index is 12.2. The molecule has 21 heavy (non-hydrogen) atoms. The number of pyridine rings is 1. The number of hydrogen-bond acceptors (Lipinski definition) is 3. The topological polar surface area (TPSA) is 51.2 Å². The van der Waals surface area contributed by atoms with Gasteiger partial charge in [-0.15, -0.1) is 0 Å². The SMILES string of the molecule is COc1ccc(CC(C)(C)NC(=O)c2cccnc2)cc1. The van der Waals surface area contributed by atoms with E-state index in [0.717, 1.165) is 17.7 Å². The van der Waals surface area contributed by atoms with Gasteiger partial charge in [0.05, 0.1) is 12.7 Å². The highest BCUT2D eigenvalue weighted by molar-refractivity contribution is 5.94.